The molecule has 1 nitrogen and oxygen atoms in total. The summed E-state index contributed by atoms with van der Waals surface area (Å²) in [6.07, 6.45) is 10.3. The Balaban J connectivity index is 1.67. The van der Waals surface area contributed by atoms with Gasteiger partial charge in [0.25, 0.3) is 0 Å². The third kappa shape index (κ3) is 2.90. The summed E-state index contributed by atoms with van der Waals surface area (Å²) in [5.41, 5.74) is 0. The summed E-state index contributed by atoms with van der Waals surface area (Å²) in [7, 11) is 0. The zero-order valence-electron chi connectivity index (χ0n) is 9.30. The molecule has 0 aliphatic heterocycles. The topological polar surface area (TPSA) is 12.0 Å². The summed E-state index contributed by atoms with van der Waals surface area (Å²) in [4.78, 5) is 0. The third-order valence-corrected chi connectivity index (χ3v) is 5.23. The zero-order chi connectivity index (χ0) is 9.80. The van der Waals surface area contributed by atoms with Gasteiger partial charge in [-0.15, -0.1) is 0 Å². The van der Waals surface area contributed by atoms with E-state index >= 15 is 0 Å². The van der Waals surface area contributed by atoms with Crippen molar-refractivity contribution < 1.29 is 0 Å². The molecule has 0 saturated heterocycles. The lowest BCUT2D eigenvalue weighted by Gasteiger charge is -2.15. The van der Waals surface area contributed by atoms with Crippen molar-refractivity contribution in [3.05, 3.63) is 0 Å². The van der Waals surface area contributed by atoms with E-state index in [1.165, 1.54) is 44.9 Å². The van der Waals surface area contributed by atoms with Gasteiger partial charge in [-0.25, -0.2) is 0 Å². The standard InChI is InChI=1S/C12H23NS/c1-2-13-10-7-8-12(9-10)14-11-5-3-4-6-11/h10-13H,2-9H2,1H3. The fraction of sp³-hybridized carbons (Fsp3) is 1.00. The molecular weight excluding hydrogens is 190 g/mol. The van der Waals surface area contributed by atoms with Gasteiger partial charge in [-0.2, -0.15) is 11.8 Å². The van der Waals surface area contributed by atoms with Crippen LogP contribution in [0.1, 0.15) is 51.9 Å². The minimum absolute atomic E-state index is 0.832. The van der Waals surface area contributed by atoms with Crippen molar-refractivity contribution in [1.82, 2.24) is 5.32 Å². The lowest BCUT2D eigenvalue weighted by atomic mass is 10.2. The van der Waals surface area contributed by atoms with Crippen LogP contribution in [-0.2, 0) is 0 Å². The van der Waals surface area contributed by atoms with E-state index in [0.717, 1.165) is 23.1 Å². The van der Waals surface area contributed by atoms with Crippen LogP contribution in [0.3, 0.4) is 0 Å². The van der Waals surface area contributed by atoms with Gasteiger partial charge in [-0.05, 0) is 38.6 Å². The van der Waals surface area contributed by atoms with Gasteiger partial charge in [0.05, 0.1) is 0 Å². The van der Waals surface area contributed by atoms with E-state index in [0.29, 0.717) is 0 Å². The van der Waals surface area contributed by atoms with E-state index in [1.807, 2.05) is 0 Å². The molecule has 2 heteroatoms. The average molecular weight is 213 g/mol. The molecule has 82 valence electrons. The molecule has 2 rings (SSSR count). The van der Waals surface area contributed by atoms with Crippen LogP contribution in [0.25, 0.3) is 0 Å². The van der Waals surface area contributed by atoms with Gasteiger partial charge in [0.1, 0.15) is 0 Å². The highest BCUT2D eigenvalue weighted by Crippen LogP contribution is 2.38. The lowest BCUT2D eigenvalue weighted by Crippen LogP contribution is -2.26. The Bertz CT molecular complexity index is 166. The first-order valence-corrected chi connectivity index (χ1v) is 7.21. The molecule has 2 fully saturated rings. The molecule has 0 aromatic heterocycles. The summed E-state index contributed by atoms with van der Waals surface area (Å²) >= 11 is 2.30. The first-order chi connectivity index (χ1) is 6.88. The molecule has 0 aromatic rings. The monoisotopic (exact) mass is 213 g/mol. The van der Waals surface area contributed by atoms with Crippen molar-refractivity contribution in [3.8, 4) is 0 Å². The Kier molecular flexibility index (Phi) is 4.18. The maximum absolute atomic E-state index is 3.59. The minimum Gasteiger partial charge on any atom is -0.314 e. The van der Waals surface area contributed by atoms with Gasteiger partial charge in [-0.3, -0.25) is 0 Å². The van der Waals surface area contributed by atoms with Crippen LogP contribution in [-0.4, -0.2) is 23.1 Å². The smallest absolute Gasteiger partial charge is 0.00778 e. The lowest BCUT2D eigenvalue weighted by molar-refractivity contribution is 0.543. The molecule has 0 radical (unpaired) electrons. The number of thioether (sulfide) groups is 1. The van der Waals surface area contributed by atoms with E-state index in [-0.39, 0.29) is 0 Å². The summed E-state index contributed by atoms with van der Waals surface area (Å²) in [5.74, 6) is 0. The number of hydrogen-bond acceptors (Lipinski definition) is 2. The molecule has 0 amide bonds. The Morgan fingerprint density at radius 2 is 1.86 bits per heavy atom. The predicted molar refractivity (Wildman–Crippen MR) is 65.0 cm³/mol. The highest BCUT2D eigenvalue weighted by molar-refractivity contribution is 8.00. The van der Waals surface area contributed by atoms with Crippen LogP contribution < -0.4 is 5.32 Å². The fourth-order valence-corrected chi connectivity index (χ4v) is 4.60. The van der Waals surface area contributed by atoms with E-state index < -0.39 is 0 Å². The molecule has 14 heavy (non-hydrogen) atoms. The fourth-order valence-electron chi connectivity index (χ4n) is 2.83. The molecule has 0 spiro atoms. The maximum Gasteiger partial charge on any atom is 0.00778 e. The van der Waals surface area contributed by atoms with Crippen LogP contribution in [0.2, 0.25) is 0 Å². The van der Waals surface area contributed by atoms with E-state index in [1.54, 1.807) is 0 Å². The van der Waals surface area contributed by atoms with E-state index in [4.69, 9.17) is 0 Å². The summed E-state index contributed by atoms with van der Waals surface area (Å²) < 4.78 is 0. The first kappa shape index (κ1) is 10.8. The van der Waals surface area contributed by atoms with Crippen LogP contribution >= 0.6 is 11.8 Å². The normalized spacial score (nSPS) is 34.1. The van der Waals surface area contributed by atoms with E-state index in [9.17, 15) is 0 Å². The second-order valence-corrected chi connectivity index (χ2v) is 6.34. The molecule has 0 heterocycles. The molecule has 0 bridgehead atoms. The van der Waals surface area contributed by atoms with Gasteiger partial charge < -0.3 is 5.32 Å². The molecule has 2 saturated carbocycles. The Hall–Kier alpha value is 0.310. The van der Waals surface area contributed by atoms with Crippen LogP contribution in [0.5, 0.6) is 0 Å². The van der Waals surface area contributed by atoms with Gasteiger partial charge in [0, 0.05) is 16.5 Å². The zero-order valence-corrected chi connectivity index (χ0v) is 10.1. The van der Waals surface area contributed by atoms with Crippen LogP contribution in [0.15, 0.2) is 0 Å². The van der Waals surface area contributed by atoms with Crippen molar-refractivity contribution in [2.24, 2.45) is 0 Å². The van der Waals surface area contributed by atoms with Crippen molar-refractivity contribution in [1.29, 1.82) is 0 Å². The largest absolute Gasteiger partial charge is 0.314 e. The number of nitrogens with one attached hydrogen (secondary N) is 1. The second kappa shape index (κ2) is 5.41. The van der Waals surface area contributed by atoms with Gasteiger partial charge in [0.2, 0.25) is 0 Å². The minimum atomic E-state index is 0.832. The first-order valence-electron chi connectivity index (χ1n) is 6.27. The Morgan fingerprint density at radius 1 is 1.07 bits per heavy atom. The summed E-state index contributed by atoms with van der Waals surface area (Å²) in [5, 5.41) is 5.57. The Labute approximate surface area is 92.4 Å². The van der Waals surface area contributed by atoms with Gasteiger partial charge in [-0.1, -0.05) is 19.8 Å². The predicted octanol–water partition coefficient (Wildman–Crippen LogP) is 3.19. The maximum atomic E-state index is 3.59. The van der Waals surface area contributed by atoms with Crippen LogP contribution in [0.4, 0.5) is 0 Å². The van der Waals surface area contributed by atoms with Gasteiger partial charge in [0.15, 0.2) is 0 Å². The van der Waals surface area contributed by atoms with Crippen LogP contribution in [0, 0.1) is 0 Å². The quantitative estimate of drug-likeness (QED) is 0.769. The van der Waals surface area contributed by atoms with E-state index in [2.05, 4.69) is 24.0 Å². The molecule has 2 aliphatic rings. The summed E-state index contributed by atoms with van der Waals surface area (Å²) in [6.45, 7) is 3.36. The molecule has 2 unspecified atom stereocenters. The molecule has 0 aromatic carbocycles. The molecular formula is C12H23NS. The number of hydrogen-bond donors (Lipinski definition) is 1. The highest BCUT2D eigenvalue weighted by atomic mass is 32.2. The third-order valence-electron chi connectivity index (χ3n) is 3.56. The van der Waals surface area contributed by atoms with Crippen molar-refractivity contribution in [2.45, 2.75) is 68.4 Å². The molecule has 2 atom stereocenters. The average Bonchev–Trinajstić information content (AvgIpc) is 2.79. The van der Waals surface area contributed by atoms with Crippen molar-refractivity contribution in [2.75, 3.05) is 6.54 Å². The highest BCUT2D eigenvalue weighted by Gasteiger charge is 2.27. The number of rotatable bonds is 4. The summed E-state index contributed by atoms with van der Waals surface area (Å²) in [6, 6.07) is 0.832. The second-order valence-electron chi connectivity index (χ2n) is 4.73. The molecule has 1 N–H and O–H groups in total. The van der Waals surface area contributed by atoms with Gasteiger partial charge >= 0.3 is 0 Å². The Morgan fingerprint density at radius 3 is 2.57 bits per heavy atom. The SMILES string of the molecule is CCNC1CCC(SC2CCCC2)C1. The van der Waals surface area contributed by atoms with Crippen molar-refractivity contribution >= 4 is 11.8 Å². The van der Waals surface area contributed by atoms with Crippen molar-refractivity contribution in [3.63, 3.8) is 0 Å². The molecule has 2 aliphatic carbocycles.